The average Bonchev–Trinajstić information content (AvgIpc) is 3.21. The molecule has 6 nitrogen and oxygen atoms in total. The van der Waals surface area contributed by atoms with Gasteiger partial charge >= 0.3 is 0 Å². The fourth-order valence-corrected chi connectivity index (χ4v) is 3.02. The first-order valence-electron chi connectivity index (χ1n) is 8.72. The summed E-state index contributed by atoms with van der Waals surface area (Å²) in [5.74, 6) is -1.00. The Morgan fingerprint density at radius 2 is 1.59 bits per heavy atom. The number of hydrogen-bond acceptors (Lipinski definition) is 6. The number of nitrogens with one attached hydrogen (secondary N) is 2. The van der Waals surface area contributed by atoms with E-state index in [-0.39, 0.29) is 17.5 Å². The molecule has 8 heteroatoms. The Morgan fingerprint density at radius 3 is 2.30 bits per heavy atom. The fourth-order valence-electron chi connectivity index (χ4n) is 3.02. The molecule has 0 saturated carbocycles. The zero-order valence-corrected chi connectivity index (χ0v) is 14.5. The summed E-state index contributed by atoms with van der Waals surface area (Å²) in [6.07, 6.45) is 3.75. The number of rotatable bonds is 5. The van der Waals surface area contributed by atoms with Crippen LogP contribution in [0.4, 0.5) is 37.6 Å². The molecule has 0 unspecified atom stereocenters. The lowest BCUT2D eigenvalue weighted by Gasteiger charge is -2.17. The largest absolute Gasteiger partial charge is 0.372 e. The minimum absolute atomic E-state index is 0.185. The molecule has 2 aromatic carbocycles. The smallest absolute Gasteiger partial charge is 0.249 e. The second-order valence-electron chi connectivity index (χ2n) is 6.25. The minimum Gasteiger partial charge on any atom is -0.372 e. The zero-order chi connectivity index (χ0) is 18.6. The van der Waals surface area contributed by atoms with Gasteiger partial charge in [-0.2, -0.15) is 10.1 Å². The third kappa shape index (κ3) is 3.94. The molecule has 0 amide bonds. The summed E-state index contributed by atoms with van der Waals surface area (Å²) in [6.45, 7) is 2.17. The van der Waals surface area contributed by atoms with Crippen LogP contribution in [0.1, 0.15) is 12.8 Å². The van der Waals surface area contributed by atoms with Gasteiger partial charge in [-0.1, -0.05) is 6.07 Å². The van der Waals surface area contributed by atoms with Gasteiger partial charge in [0.25, 0.3) is 0 Å². The van der Waals surface area contributed by atoms with Crippen LogP contribution in [0.2, 0.25) is 0 Å². The molecule has 0 bridgehead atoms. The summed E-state index contributed by atoms with van der Waals surface area (Å²) in [7, 11) is 0. The molecule has 27 heavy (non-hydrogen) atoms. The Kier molecular flexibility index (Phi) is 4.78. The van der Waals surface area contributed by atoms with E-state index in [1.165, 1.54) is 42.9 Å². The van der Waals surface area contributed by atoms with E-state index in [4.69, 9.17) is 0 Å². The second-order valence-corrected chi connectivity index (χ2v) is 6.25. The summed E-state index contributed by atoms with van der Waals surface area (Å²) in [4.78, 5) is 6.55. The Labute approximate surface area is 155 Å². The number of benzene rings is 2. The number of nitrogens with zero attached hydrogens (tertiary/aromatic N) is 4. The monoisotopic (exact) mass is 368 g/mol. The molecule has 1 fully saturated rings. The molecule has 3 aromatic rings. The Balaban J connectivity index is 1.48. The van der Waals surface area contributed by atoms with Crippen molar-refractivity contribution in [1.29, 1.82) is 0 Å². The van der Waals surface area contributed by atoms with Gasteiger partial charge in [-0.05, 0) is 49.2 Å². The van der Waals surface area contributed by atoms with Crippen molar-refractivity contribution >= 4 is 28.8 Å². The molecule has 1 saturated heterocycles. The predicted molar refractivity (Wildman–Crippen MR) is 101 cm³/mol. The first-order chi connectivity index (χ1) is 13.2. The van der Waals surface area contributed by atoms with Gasteiger partial charge in [-0.3, -0.25) is 0 Å². The van der Waals surface area contributed by atoms with Gasteiger partial charge in [-0.15, -0.1) is 5.10 Å². The van der Waals surface area contributed by atoms with Gasteiger partial charge in [-0.25, -0.2) is 8.78 Å². The molecule has 0 aliphatic carbocycles. The molecule has 138 valence electrons. The Morgan fingerprint density at radius 1 is 0.889 bits per heavy atom. The summed E-state index contributed by atoms with van der Waals surface area (Å²) in [5.41, 5.74) is 1.70. The lowest BCUT2D eigenvalue weighted by atomic mass is 10.2. The van der Waals surface area contributed by atoms with Crippen LogP contribution in [0, 0.1) is 11.6 Å². The molecule has 4 rings (SSSR count). The van der Waals surface area contributed by atoms with Crippen molar-refractivity contribution in [1.82, 2.24) is 15.2 Å². The number of aromatic nitrogens is 3. The van der Waals surface area contributed by atoms with Gasteiger partial charge in [0.15, 0.2) is 5.82 Å². The maximum Gasteiger partial charge on any atom is 0.249 e. The van der Waals surface area contributed by atoms with Crippen molar-refractivity contribution in [3.8, 4) is 0 Å². The van der Waals surface area contributed by atoms with Crippen LogP contribution < -0.4 is 15.5 Å². The maximum atomic E-state index is 13.8. The maximum absolute atomic E-state index is 13.8. The van der Waals surface area contributed by atoms with E-state index >= 15 is 0 Å². The quantitative estimate of drug-likeness (QED) is 0.702. The predicted octanol–water partition coefficient (Wildman–Crippen LogP) is 4.24. The van der Waals surface area contributed by atoms with E-state index in [9.17, 15) is 8.78 Å². The van der Waals surface area contributed by atoms with Crippen LogP contribution in [-0.4, -0.2) is 28.3 Å². The highest BCUT2D eigenvalue weighted by molar-refractivity contribution is 5.61. The molecular formula is C19H18F2N6. The molecule has 0 spiro atoms. The lowest BCUT2D eigenvalue weighted by Crippen LogP contribution is -2.17. The van der Waals surface area contributed by atoms with E-state index in [0.717, 1.165) is 18.8 Å². The van der Waals surface area contributed by atoms with Gasteiger partial charge < -0.3 is 15.5 Å². The summed E-state index contributed by atoms with van der Waals surface area (Å²) < 4.78 is 27.5. The third-order valence-corrected chi connectivity index (χ3v) is 4.37. The van der Waals surface area contributed by atoms with Crippen LogP contribution in [0.25, 0.3) is 0 Å². The van der Waals surface area contributed by atoms with E-state index < -0.39 is 11.6 Å². The van der Waals surface area contributed by atoms with Crippen LogP contribution >= 0.6 is 0 Å². The van der Waals surface area contributed by atoms with Crippen molar-refractivity contribution in [2.45, 2.75) is 12.8 Å². The molecule has 2 heterocycles. The van der Waals surface area contributed by atoms with Crippen molar-refractivity contribution in [3.63, 3.8) is 0 Å². The number of halogens is 2. The summed E-state index contributed by atoms with van der Waals surface area (Å²) >= 11 is 0. The van der Waals surface area contributed by atoms with E-state index in [1.807, 2.05) is 24.3 Å². The third-order valence-electron chi connectivity index (χ3n) is 4.37. The van der Waals surface area contributed by atoms with E-state index in [2.05, 4.69) is 30.7 Å². The molecule has 0 atom stereocenters. The molecule has 1 aliphatic heterocycles. The highest BCUT2D eigenvalue weighted by Crippen LogP contribution is 2.24. The standard InChI is InChI=1S/C19H18F2N6/c20-15-4-3-5-16(21)18(15)24-17-12-22-26-19(25-17)23-13-6-8-14(9-7-13)27-10-1-2-11-27/h3-9,12H,1-2,10-11H2,(H2,23,24,25,26). The van der Waals surface area contributed by atoms with Gasteiger partial charge in [0.05, 0.1) is 6.20 Å². The van der Waals surface area contributed by atoms with Gasteiger partial charge in [0.1, 0.15) is 17.3 Å². The van der Waals surface area contributed by atoms with Crippen LogP contribution in [0.5, 0.6) is 0 Å². The van der Waals surface area contributed by atoms with Crippen LogP contribution in [0.15, 0.2) is 48.7 Å². The molecule has 2 N–H and O–H groups in total. The first kappa shape index (κ1) is 17.1. The number of anilines is 5. The van der Waals surface area contributed by atoms with Crippen molar-refractivity contribution in [2.24, 2.45) is 0 Å². The van der Waals surface area contributed by atoms with Crippen molar-refractivity contribution in [3.05, 3.63) is 60.3 Å². The van der Waals surface area contributed by atoms with Crippen molar-refractivity contribution < 1.29 is 8.78 Å². The van der Waals surface area contributed by atoms with Crippen LogP contribution in [-0.2, 0) is 0 Å². The minimum atomic E-state index is -0.708. The summed E-state index contributed by atoms with van der Waals surface area (Å²) in [5, 5.41) is 13.4. The van der Waals surface area contributed by atoms with Crippen LogP contribution in [0.3, 0.4) is 0 Å². The van der Waals surface area contributed by atoms with Gasteiger partial charge in [0, 0.05) is 24.5 Å². The molecule has 1 aromatic heterocycles. The topological polar surface area (TPSA) is 66.0 Å². The molecular weight excluding hydrogens is 350 g/mol. The Hall–Kier alpha value is -3.29. The molecule has 1 aliphatic rings. The first-order valence-corrected chi connectivity index (χ1v) is 8.72. The second kappa shape index (κ2) is 7.53. The SMILES string of the molecule is Fc1cccc(F)c1Nc1cnnc(Nc2ccc(N3CCCC3)cc2)n1. The average molecular weight is 368 g/mol. The zero-order valence-electron chi connectivity index (χ0n) is 14.5. The van der Waals surface area contributed by atoms with Gasteiger partial charge in [0.2, 0.25) is 5.95 Å². The fraction of sp³-hybridized carbons (Fsp3) is 0.211. The lowest BCUT2D eigenvalue weighted by molar-refractivity contribution is 0.590. The van der Waals surface area contributed by atoms with Crippen molar-refractivity contribution in [2.75, 3.05) is 28.6 Å². The number of para-hydroxylation sites is 1. The van der Waals surface area contributed by atoms with E-state index in [1.54, 1.807) is 0 Å². The summed E-state index contributed by atoms with van der Waals surface area (Å²) in [6, 6.07) is 11.6. The molecule has 0 radical (unpaired) electrons. The van der Waals surface area contributed by atoms with E-state index in [0.29, 0.717) is 0 Å². The number of hydrogen-bond donors (Lipinski definition) is 2. The normalized spacial score (nSPS) is 13.6. The highest BCUT2D eigenvalue weighted by atomic mass is 19.1. The Bertz CT molecular complexity index is 905. The highest BCUT2D eigenvalue weighted by Gasteiger charge is 2.12.